The molecule has 1 aromatic carbocycles. The van der Waals surface area contributed by atoms with E-state index in [9.17, 15) is 14.0 Å². The van der Waals surface area contributed by atoms with Gasteiger partial charge in [0.25, 0.3) is 5.91 Å². The van der Waals surface area contributed by atoms with Crippen LogP contribution >= 0.6 is 11.8 Å². The molecule has 0 aromatic heterocycles. The Bertz CT molecular complexity index is 713. The fourth-order valence-corrected chi connectivity index (χ4v) is 2.31. The van der Waals surface area contributed by atoms with Crippen LogP contribution in [0.4, 0.5) is 4.39 Å². The number of carbonyl (C=O) groups is 2. The van der Waals surface area contributed by atoms with Crippen molar-refractivity contribution >= 4 is 35.0 Å². The average Bonchev–Trinajstić information content (AvgIpc) is 2.81. The summed E-state index contributed by atoms with van der Waals surface area (Å²) in [5, 5.41) is 10.4. The summed E-state index contributed by atoms with van der Waals surface area (Å²) in [6.45, 7) is 1.75. The Hall–Kier alpha value is -2.48. The van der Waals surface area contributed by atoms with Crippen molar-refractivity contribution in [3.05, 3.63) is 46.1 Å². The SMILES string of the molecule is COC(=O)/C=C1/S/C(=N\N=Cc2ccc(F)cc2C)NC1=O. The van der Waals surface area contributed by atoms with Crippen LogP contribution in [0.25, 0.3) is 0 Å². The Balaban J connectivity index is 2.08. The third kappa shape index (κ3) is 4.01. The lowest BCUT2D eigenvalue weighted by Gasteiger charge is -1.97. The number of nitrogens with zero attached hydrogens (tertiary/aromatic N) is 2. The van der Waals surface area contributed by atoms with E-state index in [1.807, 2.05) is 0 Å². The second kappa shape index (κ2) is 6.99. The smallest absolute Gasteiger partial charge is 0.331 e. The fraction of sp³-hybridized carbons (Fsp3) is 0.143. The molecule has 0 saturated carbocycles. The number of hydrogen-bond acceptors (Lipinski definition) is 6. The van der Waals surface area contributed by atoms with E-state index in [1.165, 1.54) is 25.5 Å². The van der Waals surface area contributed by atoms with Gasteiger partial charge in [0.2, 0.25) is 0 Å². The van der Waals surface area contributed by atoms with Gasteiger partial charge in [-0.2, -0.15) is 5.10 Å². The van der Waals surface area contributed by atoms with Gasteiger partial charge in [-0.15, -0.1) is 5.10 Å². The molecule has 6 nitrogen and oxygen atoms in total. The summed E-state index contributed by atoms with van der Waals surface area (Å²) in [6, 6.07) is 4.29. The highest BCUT2D eigenvalue weighted by Crippen LogP contribution is 2.23. The van der Waals surface area contributed by atoms with E-state index >= 15 is 0 Å². The standard InChI is InChI=1S/C14H12FN3O3S/c1-8-5-10(15)4-3-9(8)7-16-18-14-17-13(20)11(22-14)6-12(19)21-2/h3-7H,1-2H3,(H,17,18,20)/b11-6+,16-7?. The first-order valence-corrected chi connectivity index (χ1v) is 6.97. The summed E-state index contributed by atoms with van der Waals surface area (Å²) in [7, 11) is 1.22. The van der Waals surface area contributed by atoms with Crippen molar-refractivity contribution in [3.63, 3.8) is 0 Å². The molecule has 1 aliphatic heterocycles. The van der Waals surface area contributed by atoms with Crippen molar-refractivity contribution in [2.75, 3.05) is 7.11 Å². The molecule has 1 aliphatic rings. The molecule has 1 saturated heterocycles. The Labute approximate surface area is 130 Å². The third-order valence-electron chi connectivity index (χ3n) is 2.68. The summed E-state index contributed by atoms with van der Waals surface area (Å²) >= 11 is 0.980. The van der Waals surface area contributed by atoms with Crippen LogP contribution in [0.2, 0.25) is 0 Å². The number of thioether (sulfide) groups is 1. The first-order valence-electron chi connectivity index (χ1n) is 6.15. The molecular weight excluding hydrogens is 309 g/mol. The van der Waals surface area contributed by atoms with Crippen LogP contribution in [0.3, 0.4) is 0 Å². The molecule has 0 radical (unpaired) electrons. The largest absolute Gasteiger partial charge is 0.466 e. The number of nitrogens with one attached hydrogen (secondary N) is 1. The van der Waals surface area contributed by atoms with E-state index in [1.54, 1.807) is 13.0 Å². The lowest BCUT2D eigenvalue weighted by atomic mass is 10.1. The van der Waals surface area contributed by atoms with Gasteiger partial charge in [0.15, 0.2) is 5.17 Å². The van der Waals surface area contributed by atoms with Crippen molar-refractivity contribution in [2.24, 2.45) is 10.2 Å². The molecule has 1 amide bonds. The maximum atomic E-state index is 13.0. The molecule has 1 aromatic rings. The zero-order valence-corrected chi connectivity index (χ0v) is 12.6. The van der Waals surface area contributed by atoms with Crippen molar-refractivity contribution in [3.8, 4) is 0 Å². The van der Waals surface area contributed by atoms with Gasteiger partial charge in [-0.1, -0.05) is 6.07 Å². The Morgan fingerprint density at radius 1 is 1.45 bits per heavy atom. The number of esters is 1. The first kappa shape index (κ1) is 15.9. The predicted octanol–water partition coefficient (Wildman–Crippen LogP) is 1.74. The number of amidine groups is 1. The number of halogens is 1. The van der Waals surface area contributed by atoms with E-state index in [0.29, 0.717) is 5.56 Å². The molecule has 1 fully saturated rings. The lowest BCUT2D eigenvalue weighted by Crippen LogP contribution is -2.19. The minimum absolute atomic E-state index is 0.179. The van der Waals surface area contributed by atoms with E-state index in [4.69, 9.17) is 0 Å². The van der Waals surface area contributed by atoms with Crippen LogP contribution in [0.5, 0.6) is 0 Å². The van der Waals surface area contributed by atoms with Crippen molar-refractivity contribution in [1.29, 1.82) is 0 Å². The van der Waals surface area contributed by atoms with E-state index in [-0.39, 0.29) is 15.9 Å². The molecule has 0 aliphatic carbocycles. The Morgan fingerprint density at radius 2 is 2.23 bits per heavy atom. The predicted molar refractivity (Wildman–Crippen MR) is 82.0 cm³/mol. The summed E-state index contributed by atoms with van der Waals surface area (Å²) in [5.41, 5.74) is 1.43. The second-order valence-corrected chi connectivity index (χ2v) is 5.27. The molecular formula is C14H12FN3O3S. The van der Waals surface area contributed by atoms with Crippen molar-refractivity contribution < 1.29 is 18.7 Å². The van der Waals surface area contributed by atoms with Gasteiger partial charge < -0.3 is 4.74 Å². The van der Waals surface area contributed by atoms with Gasteiger partial charge >= 0.3 is 5.97 Å². The Morgan fingerprint density at radius 3 is 2.91 bits per heavy atom. The highest BCUT2D eigenvalue weighted by molar-refractivity contribution is 8.18. The lowest BCUT2D eigenvalue weighted by molar-refractivity contribution is -0.135. The quantitative estimate of drug-likeness (QED) is 0.398. The number of carbonyl (C=O) groups excluding carboxylic acids is 2. The average molecular weight is 321 g/mol. The number of aryl methyl sites for hydroxylation is 1. The van der Waals surface area contributed by atoms with E-state index in [0.717, 1.165) is 23.4 Å². The van der Waals surface area contributed by atoms with Crippen molar-refractivity contribution in [2.45, 2.75) is 6.92 Å². The van der Waals surface area contributed by atoms with Crippen LogP contribution in [0, 0.1) is 12.7 Å². The van der Waals surface area contributed by atoms with Crippen molar-refractivity contribution in [1.82, 2.24) is 5.32 Å². The maximum Gasteiger partial charge on any atom is 0.331 e. The molecule has 2 rings (SSSR count). The number of hydrogen-bond donors (Lipinski definition) is 1. The van der Waals surface area contributed by atoms with Crippen LogP contribution in [0.1, 0.15) is 11.1 Å². The highest BCUT2D eigenvalue weighted by atomic mass is 32.2. The molecule has 8 heteroatoms. The van der Waals surface area contributed by atoms with Gasteiger partial charge in [0, 0.05) is 6.08 Å². The molecule has 0 unspecified atom stereocenters. The highest BCUT2D eigenvalue weighted by Gasteiger charge is 2.24. The Kier molecular flexibility index (Phi) is 5.05. The normalized spacial score (nSPS) is 18.2. The number of methoxy groups -OCH3 is 1. The molecule has 0 bridgehead atoms. The zero-order valence-electron chi connectivity index (χ0n) is 11.8. The molecule has 0 atom stereocenters. The number of benzene rings is 1. The van der Waals surface area contributed by atoms with Crippen LogP contribution in [-0.2, 0) is 14.3 Å². The third-order valence-corrected chi connectivity index (χ3v) is 3.58. The van der Waals surface area contributed by atoms with E-state index in [2.05, 4.69) is 20.3 Å². The molecule has 1 heterocycles. The topological polar surface area (TPSA) is 80.1 Å². The van der Waals surface area contributed by atoms with Gasteiger partial charge in [-0.3, -0.25) is 10.1 Å². The first-order chi connectivity index (χ1) is 10.5. The number of ether oxygens (including phenoxy) is 1. The molecule has 0 spiro atoms. The minimum Gasteiger partial charge on any atom is -0.466 e. The van der Waals surface area contributed by atoms with Gasteiger partial charge in [-0.05, 0) is 41.9 Å². The van der Waals surface area contributed by atoms with E-state index < -0.39 is 11.9 Å². The van der Waals surface area contributed by atoms with Gasteiger partial charge in [0.05, 0.1) is 18.2 Å². The second-order valence-electron chi connectivity index (χ2n) is 4.24. The summed E-state index contributed by atoms with van der Waals surface area (Å²) in [6.07, 6.45) is 2.53. The number of amides is 1. The number of rotatable bonds is 3. The molecule has 114 valence electrons. The maximum absolute atomic E-state index is 13.0. The summed E-state index contributed by atoms with van der Waals surface area (Å²) < 4.78 is 17.4. The summed E-state index contributed by atoms with van der Waals surface area (Å²) in [5.74, 6) is -1.39. The van der Waals surface area contributed by atoms with Gasteiger partial charge in [0.1, 0.15) is 5.82 Å². The fourth-order valence-electron chi connectivity index (χ4n) is 1.57. The van der Waals surface area contributed by atoms with Gasteiger partial charge in [-0.25, -0.2) is 9.18 Å². The van der Waals surface area contributed by atoms with Crippen LogP contribution < -0.4 is 5.32 Å². The van der Waals surface area contributed by atoms with Crippen LogP contribution in [-0.4, -0.2) is 30.4 Å². The minimum atomic E-state index is -0.621. The molecule has 1 N–H and O–H groups in total. The monoisotopic (exact) mass is 321 g/mol. The zero-order chi connectivity index (χ0) is 16.1. The van der Waals surface area contributed by atoms with Crippen LogP contribution in [0.15, 0.2) is 39.4 Å². The summed E-state index contributed by atoms with van der Waals surface area (Å²) in [4.78, 5) is 22.8. The molecule has 22 heavy (non-hydrogen) atoms.